The summed E-state index contributed by atoms with van der Waals surface area (Å²) in [5, 5.41) is 18.7. The van der Waals surface area contributed by atoms with Gasteiger partial charge in [0.05, 0.1) is 0 Å². The predicted octanol–water partition coefficient (Wildman–Crippen LogP) is 5.35. The summed E-state index contributed by atoms with van der Waals surface area (Å²) in [7, 11) is 0. The Morgan fingerprint density at radius 2 is 1.29 bits per heavy atom. The fraction of sp³-hybridized carbons (Fsp3) is 0.600. The number of carbonyl (C=O) groups is 2. The molecule has 0 unspecified atom stereocenters. The van der Waals surface area contributed by atoms with Crippen LogP contribution in [0.3, 0.4) is 0 Å². The van der Waals surface area contributed by atoms with Gasteiger partial charge in [0.2, 0.25) is 0 Å². The van der Waals surface area contributed by atoms with Gasteiger partial charge in [0.1, 0.15) is 0 Å². The molecule has 2 amide bonds. The summed E-state index contributed by atoms with van der Waals surface area (Å²) in [6.45, 7) is 9.11. The van der Waals surface area contributed by atoms with Crippen molar-refractivity contribution in [1.82, 2.24) is 9.80 Å². The number of allylic oxidation sites excluding steroid dienone is 2. The van der Waals surface area contributed by atoms with Crippen LogP contribution >= 0.6 is 0 Å². The molecule has 2 N–H and O–H groups in total. The lowest BCUT2D eigenvalue weighted by Gasteiger charge is -2.41. The zero-order chi connectivity index (χ0) is 22.6. The average Bonchev–Trinajstić information content (AvgIpc) is 2.73. The van der Waals surface area contributed by atoms with E-state index >= 15 is 0 Å². The molecule has 1 aromatic rings. The molecule has 1 aromatic carbocycles. The molecular formula is C25H36N2O4. The number of hydrogen-bond acceptors (Lipinski definition) is 2. The van der Waals surface area contributed by atoms with E-state index in [4.69, 9.17) is 0 Å². The maximum absolute atomic E-state index is 11.4. The van der Waals surface area contributed by atoms with Crippen LogP contribution in [0.4, 0.5) is 9.59 Å². The molecule has 2 heterocycles. The van der Waals surface area contributed by atoms with Crippen LogP contribution in [0.15, 0.2) is 41.5 Å². The van der Waals surface area contributed by atoms with Crippen LogP contribution in [0.1, 0.15) is 52.0 Å². The van der Waals surface area contributed by atoms with Gasteiger partial charge in [-0.2, -0.15) is 0 Å². The second kappa shape index (κ2) is 9.75. The van der Waals surface area contributed by atoms with Crippen LogP contribution in [-0.2, 0) is 6.42 Å². The van der Waals surface area contributed by atoms with E-state index in [0.29, 0.717) is 38.0 Å². The second-order valence-electron chi connectivity index (χ2n) is 9.94. The van der Waals surface area contributed by atoms with Crippen LogP contribution in [0.2, 0.25) is 0 Å². The van der Waals surface area contributed by atoms with Gasteiger partial charge in [-0.1, -0.05) is 62.2 Å². The first-order valence-corrected chi connectivity index (χ1v) is 11.4. The highest BCUT2D eigenvalue weighted by Crippen LogP contribution is 2.43. The summed E-state index contributed by atoms with van der Waals surface area (Å²) in [4.78, 5) is 25.9. The molecule has 2 fully saturated rings. The Bertz CT molecular complexity index is 797. The molecule has 3 rings (SSSR count). The number of piperidine rings is 2. The van der Waals surface area contributed by atoms with Crippen LogP contribution in [-0.4, -0.2) is 58.4 Å². The van der Waals surface area contributed by atoms with Crippen LogP contribution < -0.4 is 0 Å². The minimum Gasteiger partial charge on any atom is -0.465 e. The monoisotopic (exact) mass is 428 g/mol. The van der Waals surface area contributed by atoms with Crippen molar-refractivity contribution in [2.24, 2.45) is 17.3 Å². The first kappa shape index (κ1) is 23.2. The van der Waals surface area contributed by atoms with Crippen molar-refractivity contribution in [3.63, 3.8) is 0 Å². The van der Waals surface area contributed by atoms with E-state index in [-0.39, 0.29) is 5.41 Å². The third-order valence-corrected chi connectivity index (χ3v) is 6.82. The maximum Gasteiger partial charge on any atom is 0.407 e. The van der Waals surface area contributed by atoms with Crippen molar-refractivity contribution in [3.05, 3.63) is 47.0 Å². The third kappa shape index (κ3) is 5.81. The van der Waals surface area contributed by atoms with Gasteiger partial charge in [-0.05, 0) is 54.9 Å². The van der Waals surface area contributed by atoms with E-state index in [9.17, 15) is 19.8 Å². The minimum absolute atomic E-state index is 0.0237. The Hall–Kier alpha value is -2.50. The Kier molecular flexibility index (Phi) is 7.29. The number of amides is 2. The fourth-order valence-electron chi connectivity index (χ4n) is 5.41. The summed E-state index contributed by atoms with van der Waals surface area (Å²) < 4.78 is 0. The van der Waals surface area contributed by atoms with Gasteiger partial charge in [0.15, 0.2) is 0 Å². The highest BCUT2D eigenvalue weighted by Gasteiger charge is 2.35. The van der Waals surface area contributed by atoms with Crippen LogP contribution in [0.5, 0.6) is 0 Å². The number of benzene rings is 1. The molecule has 6 nitrogen and oxygen atoms in total. The number of hydrogen-bond donors (Lipinski definition) is 2. The van der Waals surface area contributed by atoms with Gasteiger partial charge >= 0.3 is 12.2 Å². The second-order valence-corrected chi connectivity index (χ2v) is 9.94. The maximum atomic E-state index is 11.4. The van der Waals surface area contributed by atoms with E-state index in [0.717, 1.165) is 32.1 Å². The van der Waals surface area contributed by atoms with Crippen molar-refractivity contribution < 1.29 is 19.8 Å². The SMILES string of the molecule is CC(C)(C)/C(=C(\Cc1ccccc1)C1CCN(C(=O)O)CC1)C1CCN(C(=O)O)CC1. The summed E-state index contributed by atoms with van der Waals surface area (Å²) in [5.74, 6) is 0.731. The molecule has 0 aliphatic carbocycles. The first-order chi connectivity index (χ1) is 14.7. The van der Waals surface area contributed by atoms with Gasteiger partial charge < -0.3 is 20.0 Å². The lowest BCUT2D eigenvalue weighted by atomic mass is 9.68. The highest BCUT2D eigenvalue weighted by molar-refractivity contribution is 5.65. The van der Waals surface area contributed by atoms with Gasteiger partial charge in [0.25, 0.3) is 0 Å². The van der Waals surface area contributed by atoms with E-state index in [1.165, 1.54) is 26.5 Å². The molecule has 0 spiro atoms. The summed E-state index contributed by atoms with van der Waals surface area (Å²) in [5.41, 5.74) is 4.18. The van der Waals surface area contributed by atoms with Crippen molar-refractivity contribution >= 4 is 12.2 Å². The highest BCUT2D eigenvalue weighted by atomic mass is 16.4. The number of rotatable bonds is 4. The van der Waals surface area contributed by atoms with Crippen molar-refractivity contribution in [1.29, 1.82) is 0 Å². The van der Waals surface area contributed by atoms with Gasteiger partial charge in [-0.3, -0.25) is 0 Å². The zero-order valence-corrected chi connectivity index (χ0v) is 19.0. The first-order valence-electron chi connectivity index (χ1n) is 11.4. The van der Waals surface area contributed by atoms with E-state index < -0.39 is 12.2 Å². The van der Waals surface area contributed by atoms with E-state index in [1.54, 1.807) is 0 Å². The normalized spacial score (nSPS) is 19.8. The standard InChI is InChI=1S/C25H36N2O4/c1-25(2,3)22(20-11-15-27(16-12-20)24(30)31)21(17-18-7-5-4-6-8-18)19-9-13-26(14-10-19)23(28)29/h4-8,19-20H,9-17H2,1-3H3,(H,28,29)(H,30,31)/b22-21+. The molecule has 31 heavy (non-hydrogen) atoms. The largest absolute Gasteiger partial charge is 0.465 e. The average molecular weight is 429 g/mol. The lowest BCUT2D eigenvalue weighted by molar-refractivity contribution is 0.123. The van der Waals surface area contributed by atoms with Crippen LogP contribution in [0, 0.1) is 17.3 Å². The molecule has 6 heteroatoms. The molecule has 0 saturated carbocycles. The molecular weight excluding hydrogens is 392 g/mol. The smallest absolute Gasteiger partial charge is 0.407 e. The molecule has 2 aliphatic heterocycles. The number of carboxylic acid groups (broad SMARTS) is 2. The molecule has 2 aliphatic rings. The molecule has 0 radical (unpaired) electrons. The van der Waals surface area contributed by atoms with Gasteiger partial charge in [-0.25, -0.2) is 9.59 Å². The van der Waals surface area contributed by atoms with Crippen molar-refractivity contribution in [3.8, 4) is 0 Å². The predicted molar refractivity (Wildman–Crippen MR) is 121 cm³/mol. The van der Waals surface area contributed by atoms with Crippen molar-refractivity contribution in [2.45, 2.75) is 52.9 Å². The summed E-state index contributed by atoms with van der Waals surface area (Å²) >= 11 is 0. The van der Waals surface area contributed by atoms with Gasteiger partial charge in [0, 0.05) is 26.2 Å². The van der Waals surface area contributed by atoms with Gasteiger partial charge in [-0.15, -0.1) is 0 Å². The van der Waals surface area contributed by atoms with E-state index in [1.807, 2.05) is 6.07 Å². The molecule has 170 valence electrons. The Labute approximate surface area is 185 Å². The summed E-state index contributed by atoms with van der Waals surface area (Å²) in [6.07, 6.45) is 2.62. The summed E-state index contributed by atoms with van der Waals surface area (Å²) in [6, 6.07) is 10.5. The molecule has 0 bridgehead atoms. The lowest BCUT2D eigenvalue weighted by Crippen LogP contribution is -2.41. The van der Waals surface area contributed by atoms with Crippen molar-refractivity contribution in [2.75, 3.05) is 26.2 Å². The number of likely N-dealkylation sites (tertiary alicyclic amines) is 2. The molecule has 0 aromatic heterocycles. The zero-order valence-electron chi connectivity index (χ0n) is 19.0. The quantitative estimate of drug-likeness (QED) is 0.633. The minimum atomic E-state index is -0.830. The Morgan fingerprint density at radius 3 is 1.71 bits per heavy atom. The van der Waals surface area contributed by atoms with E-state index in [2.05, 4.69) is 45.0 Å². The fourth-order valence-corrected chi connectivity index (χ4v) is 5.41. The Balaban J connectivity index is 1.95. The third-order valence-electron chi connectivity index (χ3n) is 6.82. The number of nitrogens with zero attached hydrogens (tertiary/aromatic N) is 2. The Morgan fingerprint density at radius 1 is 0.839 bits per heavy atom. The molecule has 0 atom stereocenters. The van der Waals surface area contributed by atoms with Crippen LogP contribution in [0.25, 0.3) is 0 Å². The topological polar surface area (TPSA) is 81.1 Å². The molecule has 2 saturated heterocycles.